The molecule has 2 aromatic rings. The molecule has 1 amide bonds. The number of rotatable bonds is 8. The van der Waals surface area contributed by atoms with Gasteiger partial charge in [-0.2, -0.15) is 0 Å². The molecule has 0 aromatic heterocycles. The molecule has 0 radical (unpaired) electrons. The fourth-order valence-electron chi connectivity index (χ4n) is 2.45. The fourth-order valence-corrected chi connectivity index (χ4v) is 3.78. The highest BCUT2D eigenvalue weighted by atomic mass is 32.2. The average Bonchev–Trinajstić information content (AvgIpc) is 2.67. The number of hydrogen-bond acceptors (Lipinski definition) is 4. The van der Waals surface area contributed by atoms with E-state index in [1.807, 2.05) is 45.9 Å². The maximum absolute atomic E-state index is 12.4. The molecule has 1 N–H and O–H groups in total. The second kappa shape index (κ2) is 9.21. The van der Waals surface area contributed by atoms with Crippen LogP contribution in [0.2, 0.25) is 0 Å². The highest BCUT2D eigenvalue weighted by Gasteiger charge is 2.17. The molecule has 152 valence electrons. The van der Waals surface area contributed by atoms with Gasteiger partial charge in [-0.15, -0.1) is 0 Å². The predicted octanol–water partition coefficient (Wildman–Crippen LogP) is 3.42. The number of ether oxygens (including phenoxy) is 1. The number of aryl methyl sites for hydroxylation is 2. The molecule has 2 aromatic carbocycles. The zero-order valence-electron chi connectivity index (χ0n) is 17.0. The van der Waals surface area contributed by atoms with Crippen molar-refractivity contribution in [3.63, 3.8) is 0 Å². The summed E-state index contributed by atoms with van der Waals surface area (Å²) >= 11 is 0. The molecule has 0 aliphatic heterocycles. The molecule has 0 spiro atoms. The molecule has 6 nitrogen and oxygen atoms in total. The molecular formula is C21H28N2O4S. The number of anilines is 1. The number of likely N-dealkylation sites (N-methyl/N-ethyl adjacent to an activating group) is 1. The summed E-state index contributed by atoms with van der Waals surface area (Å²) in [6.45, 7) is 7.61. The van der Waals surface area contributed by atoms with Crippen molar-refractivity contribution in [1.82, 2.24) is 4.72 Å². The van der Waals surface area contributed by atoms with Gasteiger partial charge in [0, 0.05) is 18.8 Å². The Bertz CT molecular complexity index is 924. The first-order valence-electron chi connectivity index (χ1n) is 9.23. The fraction of sp³-hybridized carbons (Fsp3) is 0.381. The second-order valence-corrected chi connectivity index (χ2v) is 8.63. The van der Waals surface area contributed by atoms with Crippen molar-refractivity contribution in [2.75, 3.05) is 18.6 Å². The molecule has 0 heterocycles. The van der Waals surface area contributed by atoms with Gasteiger partial charge in [-0.3, -0.25) is 4.79 Å². The summed E-state index contributed by atoms with van der Waals surface area (Å²) in [5.74, 6) is 0.239. The minimum absolute atomic E-state index is 0.138. The SMILES string of the molecule is CC[C@@H](C)NS(=O)(=O)c1ccc(OCC(=O)N(C)c2ccc(C)c(C)c2)cc1. The molecule has 28 heavy (non-hydrogen) atoms. The second-order valence-electron chi connectivity index (χ2n) is 6.91. The summed E-state index contributed by atoms with van der Waals surface area (Å²) in [5.41, 5.74) is 3.08. The van der Waals surface area contributed by atoms with Crippen molar-refractivity contribution in [2.45, 2.75) is 45.1 Å². The van der Waals surface area contributed by atoms with Gasteiger partial charge in [-0.25, -0.2) is 13.1 Å². The minimum Gasteiger partial charge on any atom is -0.484 e. The maximum atomic E-state index is 12.4. The largest absolute Gasteiger partial charge is 0.484 e. The zero-order valence-corrected chi connectivity index (χ0v) is 17.8. The number of nitrogens with one attached hydrogen (secondary N) is 1. The lowest BCUT2D eigenvalue weighted by atomic mass is 10.1. The third kappa shape index (κ3) is 5.56. The van der Waals surface area contributed by atoms with Gasteiger partial charge in [0.2, 0.25) is 10.0 Å². The van der Waals surface area contributed by atoms with Crippen molar-refractivity contribution in [3.05, 3.63) is 53.6 Å². The van der Waals surface area contributed by atoms with Crippen molar-refractivity contribution >= 4 is 21.6 Å². The lowest BCUT2D eigenvalue weighted by Crippen LogP contribution is -2.32. The van der Waals surface area contributed by atoms with E-state index in [9.17, 15) is 13.2 Å². The Kier molecular flexibility index (Phi) is 7.21. The topological polar surface area (TPSA) is 75.7 Å². The quantitative estimate of drug-likeness (QED) is 0.731. The first kappa shape index (κ1) is 21.9. The van der Waals surface area contributed by atoms with Gasteiger partial charge in [-0.05, 0) is 74.7 Å². The van der Waals surface area contributed by atoms with Crippen LogP contribution in [0.1, 0.15) is 31.4 Å². The summed E-state index contributed by atoms with van der Waals surface area (Å²) in [7, 11) is -1.86. The Morgan fingerprint density at radius 2 is 1.75 bits per heavy atom. The molecule has 1 atom stereocenters. The maximum Gasteiger partial charge on any atom is 0.264 e. The van der Waals surface area contributed by atoms with E-state index in [0.29, 0.717) is 12.2 Å². The normalized spacial score (nSPS) is 12.5. The molecule has 0 bridgehead atoms. The molecule has 0 saturated heterocycles. The average molecular weight is 405 g/mol. The van der Waals surface area contributed by atoms with Gasteiger partial charge >= 0.3 is 0 Å². The first-order valence-corrected chi connectivity index (χ1v) is 10.7. The molecule has 0 saturated carbocycles. The van der Waals surface area contributed by atoms with E-state index < -0.39 is 10.0 Å². The van der Waals surface area contributed by atoms with Crippen LogP contribution in [0.25, 0.3) is 0 Å². The van der Waals surface area contributed by atoms with Gasteiger partial charge in [-0.1, -0.05) is 13.0 Å². The molecule has 0 unspecified atom stereocenters. The van der Waals surface area contributed by atoms with E-state index in [0.717, 1.165) is 11.3 Å². The van der Waals surface area contributed by atoms with Crippen LogP contribution in [0.4, 0.5) is 5.69 Å². The number of nitrogens with zero attached hydrogens (tertiary/aromatic N) is 1. The van der Waals surface area contributed by atoms with E-state index in [1.54, 1.807) is 24.1 Å². The lowest BCUT2D eigenvalue weighted by Gasteiger charge is -2.19. The highest BCUT2D eigenvalue weighted by molar-refractivity contribution is 7.89. The van der Waals surface area contributed by atoms with Crippen LogP contribution in [0, 0.1) is 13.8 Å². The van der Waals surface area contributed by atoms with Crippen LogP contribution in [-0.4, -0.2) is 34.0 Å². The summed E-state index contributed by atoms with van der Waals surface area (Å²) in [5, 5.41) is 0. The Balaban J connectivity index is 1.99. The van der Waals surface area contributed by atoms with Crippen molar-refractivity contribution in [2.24, 2.45) is 0 Å². The van der Waals surface area contributed by atoms with Crippen LogP contribution < -0.4 is 14.4 Å². The number of amides is 1. The Hall–Kier alpha value is -2.38. The van der Waals surface area contributed by atoms with Crippen LogP contribution >= 0.6 is 0 Å². The Labute approximate surface area is 167 Å². The van der Waals surface area contributed by atoms with Crippen molar-refractivity contribution in [1.29, 1.82) is 0 Å². The monoisotopic (exact) mass is 404 g/mol. The van der Waals surface area contributed by atoms with E-state index in [2.05, 4.69) is 4.72 Å². The van der Waals surface area contributed by atoms with Gasteiger partial charge in [0.05, 0.1) is 4.90 Å². The summed E-state index contributed by atoms with van der Waals surface area (Å²) < 4.78 is 32.7. The minimum atomic E-state index is -3.56. The number of hydrogen-bond donors (Lipinski definition) is 1. The third-order valence-electron chi connectivity index (χ3n) is 4.72. The van der Waals surface area contributed by atoms with Gasteiger partial charge in [0.1, 0.15) is 5.75 Å². The van der Waals surface area contributed by atoms with Crippen molar-refractivity contribution in [3.8, 4) is 5.75 Å². The Morgan fingerprint density at radius 3 is 2.32 bits per heavy atom. The molecule has 2 rings (SSSR count). The standard InChI is InChI=1S/C21H28N2O4S/c1-6-17(4)22-28(25,26)20-11-9-19(10-12-20)27-14-21(24)23(5)18-8-7-15(2)16(3)13-18/h7-13,17,22H,6,14H2,1-5H3/t17-/m1/s1. The molecular weight excluding hydrogens is 376 g/mol. The van der Waals surface area contributed by atoms with Gasteiger partial charge in [0.25, 0.3) is 5.91 Å². The van der Waals surface area contributed by atoms with Gasteiger partial charge in [0.15, 0.2) is 6.61 Å². The molecule has 0 fully saturated rings. The van der Waals surface area contributed by atoms with Crippen LogP contribution in [0.15, 0.2) is 47.4 Å². The molecule has 0 aliphatic rings. The summed E-state index contributed by atoms with van der Waals surface area (Å²) in [6, 6.07) is 11.7. The van der Waals surface area contributed by atoms with E-state index in [4.69, 9.17) is 4.74 Å². The highest BCUT2D eigenvalue weighted by Crippen LogP contribution is 2.19. The summed E-state index contributed by atoms with van der Waals surface area (Å²) in [4.78, 5) is 14.1. The number of carbonyl (C=O) groups excluding carboxylic acids is 1. The predicted molar refractivity (Wildman–Crippen MR) is 111 cm³/mol. The number of benzene rings is 2. The van der Waals surface area contributed by atoms with Crippen LogP contribution in [0.5, 0.6) is 5.75 Å². The van der Waals surface area contributed by atoms with Gasteiger partial charge < -0.3 is 9.64 Å². The lowest BCUT2D eigenvalue weighted by molar-refractivity contribution is -0.120. The number of sulfonamides is 1. The first-order chi connectivity index (χ1) is 13.1. The van der Waals surface area contributed by atoms with E-state index in [1.165, 1.54) is 17.7 Å². The van der Waals surface area contributed by atoms with E-state index >= 15 is 0 Å². The third-order valence-corrected chi connectivity index (χ3v) is 6.32. The van der Waals surface area contributed by atoms with Crippen LogP contribution in [-0.2, 0) is 14.8 Å². The van der Waals surface area contributed by atoms with Crippen molar-refractivity contribution < 1.29 is 17.9 Å². The number of carbonyl (C=O) groups is 1. The molecule has 7 heteroatoms. The van der Waals surface area contributed by atoms with Crippen LogP contribution in [0.3, 0.4) is 0 Å². The summed E-state index contributed by atoms with van der Waals surface area (Å²) in [6.07, 6.45) is 0.705. The smallest absolute Gasteiger partial charge is 0.264 e. The molecule has 0 aliphatic carbocycles. The Morgan fingerprint density at radius 1 is 1.11 bits per heavy atom. The van der Waals surface area contributed by atoms with E-state index in [-0.39, 0.29) is 23.5 Å². The zero-order chi connectivity index (χ0) is 20.9.